The van der Waals surface area contributed by atoms with E-state index in [0.717, 1.165) is 29.2 Å². The van der Waals surface area contributed by atoms with E-state index in [1.165, 1.54) is 5.56 Å². The Labute approximate surface area is 153 Å². The van der Waals surface area contributed by atoms with Gasteiger partial charge in [-0.15, -0.1) is 0 Å². The Kier molecular flexibility index (Phi) is 3.84. The molecule has 0 aromatic heterocycles. The summed E-state index contributed by atoms with van der Waals surface area (Å²) in [4.78, 5) is 2.10. The second kappa shape index (κ2) is 5.92. The molecule has 0 radical (unpaired) electrons. The van der Waals surface area contributed by atoms with Crippen molar-refractivity contribution in [2.75, 3.05) is 11.5 Å². The fraction of sp³-hybridized carbons (Fsp3) is 0.350. The summed E-state index contributed by atoms with van der Waals surface area (Å²) in [6.07, 6.45) is 0.810. The zero-order valence-corrected chi connectivity index (χ0v) is 15.5. The molecule has 1 fully saturated rings. The molecule has 2 heterocycles. The number of hydrogen-bond donors (Lipinski definition) is 1. The molecule has 1 N–H and O–H groups in total. The number of ether oxygens (including phenoxy) is 2. The molecule has 0 saturated carbocycles. The molecule has 2 aliphatic heterocycles. The highest BCUT2D eigenvalue weighted by Crippen LogP contribution is 2.49. The normalized spacial score (nSPS) is 24.2. The van der Waals surface area contributed by atoms with Gasteiger partial charge in [0.15, 0.2) is 22.3 Å². The number of aryl methyl sites for hydroxylation is 1. The number of nitrogens with zero attached hydrogens (tertiary/aromatic N) is 1. The summed E-state index contributed by atoms with van der Waals surface area (Å²) < 4.78 is 12.3. The molecule has 2 unspecified atom stereocenters. The van der Waals surface area contributed by atoms with Gasteiger partial charge in [-0.05, 0) is 50.7 Å². The van der Waals surface area contributed by atoms with E-state index in [-0.39, 0.29) is 6.04 Å². The molecule has 4 rings (SSSR count). The SMILES string of the molecule is CCOc1cccc2c1OC1(C)CC2NC(=S)N1c1ccccc1C. The minimum atomic E-state index is -0.556. The summed E-state index contributed by atoms with van der Waals surface area (Å²) >= 11 is 5.71. The Balaban J connectivity index is 1.82. The van der Waals surface area contributed by atoms with E-state index >= 15 is 0 Å². The van der Waals surface area contributed by atoms with E-state index in [1.54, 1.807) is 0 Å². The molecule has 2 aromatic carbocycles. The molecule has 0 aliphatic carbocycles. The van der Waals surface area contributed by atoms with Gasteiger partial charge in [0.05, 0.1) is 12.6 Å². The second-order valence-electron chi connectivity index (χ2n) is 6.71. The van der Waals surface area contributed by atoms with Gasteiger partial charge in [0.1, 0.15) is 0 Å². The third-order valence-corrected chi connectivity index (χ3v) is 5.22. The van der Waals surface area contributed by atoms with Crippen LogP contribution in [-0.4, -0.2) is 17.4 Å². The van der Waals surface area contributed by atoms with Gasteiger partial charge in [-0.1, -0.05) is 30.3 Å². The summed E-state index contributed by atoms with van der Waals surface area (Å²) in [5.41, 5.74) is 2.78. The summed E-state index contributed by atoms with van der Waals surface area (Å²) in [7, 11) is 0. The van der Waals surface area contributed by atoms with Crippen molar-refractivity contribution in [3.05, 3.63) is 53.6 Å². The standard InChI is InChI=1S/C20H22N2O2S/c1-4-23-17-11-7-9-14-15-12-20(3,24-18(14)17)22(19(25)21-15)16-10-6-5-8-13(16)2/h5-11,15H,4,12H2,1-3H3,(H,21,25). The van der Waals surface area contributed by atoms with Crippen LogP contribution in [-0.2, 0) is 0 Å². The lowest BCUT2D eigenvalue weighted by Crippen LogP contribution is -2.65. The number of hydrogen-bond acceptors (Lipinski definition) is 3. The summed E-state index contributed by atoms with van der Waals surface area (Å²) in [5.74, 6) is 1.60. The van der Waals surface area contributed by atoms with E-state index in [4.69, 9.17) is 21.7 Å². The van der Waals surface area contributed by atoms with Gasteiger partial charge in [0, 0.05) is 17.7 Å². The molecule has 2 aliphatic rings. The molecule has 0 amide bonds. The predicted octanol–water partition coefficient (Wildman–Crippen LogP) is 4.33. The Bertz CT molecular complexity index is 838. The first-order valence-electron chi connectivity index (χ1n) is 8.64. The largest absolute Gasteiger partial charge is 0.490 e. The average Bonchev–Trinajstić information content (AvgIpc) is 2.57. The lowest BCUT2D eigenvalue weighted by Gasteiger charge is -2.52. The molecule has 4 nitrogen and oxygen atoms in total. The van der Waals surface area contributed by atoms with Gasteiger partial charge in [-0.3, -0.25) is 4.90 Å². The number of para-hydroxylation sites is 2. The first kappa shape index (κ1) is 16.2. The van der Waals surface area contributed by atoms with Gasteiger partial charge in [-0.2, -0.15) is 0 Å². The summed E-state index contributed by atoms with van der Waals surface area (Å²) in [6.45, 7) is 6.79. The molecule has 2 bridgehead atoms. The quantitative estimate of drug-likeness (QED) is 0.830. The van der Waals surface area contributed by atoms with Crippen LogP contribution in [0.15, 0.2) is 42.5 Å². The molecule has 1 saturated heterocycles. The van der Waals surface area contributed by atoms with Crippen LogP contribution >= 0.6 is 12.2 Å². The van der Waals surface area contributed by atoms with Crippen LogP contribution in [0.1, 0.15) is 37.4 Å². The molecule has 5 heteroatoms. The van der Waals surface area contributed by atoms with Gasteiger partial charge in [0.25, 0.3) is 0 Å². The first-order valence-corrected chi connectivity index (χ1v) is 9.05. The van der Waals surface area contributed by atoms with Crippen molar-refractivity contribution < 1.29 is 9.47 Å². The summed E-state index contributed by atoms with van der Waals surface area (Å²) in [6, 6.07) is 14.4. The van der Waals surface area contributed by atoms with Crippen LogP contribution < -0.4 is 19.7 Å². The highest BCUT2D eigenvalue weighted by Gasteiger charge is 2.49. The van der Waals surface area contributed by atoms with Crippen molar-refractivity contribution >= 4 is 23.0 Å². The van der Waals surface area contributed by atoms with Gasteiger partial charge in [-0.25, -0.2) is 0 Å². The number of anilines is 1. The van der Waals surface area contributed by atoms with Crippen molar-refractivity contribution in [2.24, 2.45) is 0 Å². The maximum absolute atomic E-state index is 6.54. The second-order valence-corrected chi connectivity index (χ2v) is 7.10. The fourth-order valence-corrected chi connectivity index (χ4v) is 4.24. The van der Waals surface area contributed by atoms with Crippen molar-refractivity contribution in [1.29, 1.82) is 0 Å². The average molecular weight is 354 g/mol. The van der Waals surface area contributed by atoms with Crippen LogP contribution in [0.25, 0.3) is 0 Å². The number of rotatable bonds is 3. The van der Waals surface area contributed by atoms with E-state index in [0.29, 0.717) is 11.7 Å². The van der Waals surface area contributed by atoms with E-state index in [2.05, 4.69) is 42.3 Å². The van der Waals surface area contributed by atoms with Gasteiger partial charge < -0.3 is 14.8 Å². The molecule has 25 heavy (non-hydrogen) atoms. The molecule has 2 aromatic rings. The van der Waals surface area contributed by atoms with Gasteiger partial charge >= 0.3 is 0 Å². The maximum Gasteiger partial charge on any atom is 0.188 e. The van der Waals surface area contributed by atoms with Crippen molar-refractivity contribution in [2.45, 2.75) is 39.0 Å². The Morgan fingerprint density at radius 2 is 2.08 bits per heavy atom. The molecular weight excluding hydrogens is 332 g/mol. The number of nitrogens with one attached hydrogen (secondary N) is 1. The van der Waals surface area contributed by atoms with E-state index in [9.17, 15) is 0 Å². The molecule has 0 spiro atoms. The monoisotopic (exact) mass is 354 g/mol. The smallest absolute Gasteiger partial charge is 0.188 e. The summed E-state index contributed by atoms with van der Waals surface area (Å²) in [5, 5.41) is 4.19. The van der Waals surface area contributed by atoms with Crippen LogP contribution in [0.2, 0.25) is 0 Å². The maximum atomic E-state index is 6.54. The number of thiocarbonyl (C=S) groups is 1. The Hall–Kier alpha value is -2.27. The van der Waals surface area contributed by atoms with Crippen LogP contribution in [0, 0.1) is 6.92 Å². The van der Waals surface area contributed by atoms with Crippen molar-refractivity contribution in [3.63, 3.8) is 0 Å². The van der Waals surface area contributed by atoms with Crippen molar-refractivity contribution in [3.8, 4) is 11.5 Å². The predicted molar refractivity (Wildman–Crippen MR) is 103 cm³/mol. The third kappa shape index (κ3) is 2.54. The minimum Gasteiger partial charge on any atom is -0.490 e. The number of fused-ring (bicyclic) bond motifs is 4. The van der Waals surface area contributed by atoms with Crippen LogP contribution in [0.3, 0.4) is 0 Å². The molecule has 130 valence electrons. The topological polar surface area (TPSA) is 33.7 Å². The lowest BCUT2D eigenvalue weighted by atomic mass is 9.89. The van der Waals surface area contributed by atoms with E-state index in [1.807, 2.05) is 31.2 Å². The van der Waals surface area contributed by atoms with Gasteiger partial charge in [0.2, 0.25) is 0 Å². The van der Waals surface area contributed by atoms with Crippen molar-refractivity contribution in [1.82, 2.24) is 5.32 Å². The third-order valence-electron chi connectivity index (χ3n) is 4.92. The molecular formula is C20H22N2O2S. The number of benzene rings is 2. The minimum absolute atomic E-state index is 0.127. The van der Waals surface area contributed by atoms with Crippen LogP contribution in [0.4, 0.5) is 5.69 Å². The zero-order valence-electron chi connectivity index (χ0n) is 14.7. The lowest BCUT2D eigenvalue weighted by molar-refractivity contribution is 0.0456. The fourth-order valence-electron chi connectivity index (χ4n) is 3.81. The zero-order chi connectivity index (χ0) is 17.6. The highest BCUT2D eigenvalue weighted by atomic mass is 32.1. The molecule has 2 atom stereocenters. The van der Waals surface area contributed by atoms with Crippen LogP contribution in [0.5, 0.6) is 11.5 Å². The first-order chi connectivity index (χ1) is 12.0. The Morgan fingerprint density at radius 3 is 2.84 bits per heavy atom. The Morgan fingerprint density at radius 1 is 1.28 bits per heavy atom. The highest BCUT2D eigenvalue weighted by molar-refractivity contribution is 7.80. The van der Waals surface area contributed by atoms with E-state index < -0.39 is 5.72 Å².